The summed E-state index contributed by atoms with van der Waals surface area (Å²) in [5.41, 5.74) is 0.257. The number of halogens is 2. The summed E-state index contributed by atoms with van der Waals surface area (Å²) in [5.74, 6) is -2.04. The van der Waals surface area contributed by atoms with Crippen LogP contribution in [0, 0.1) is 11.7 Å². The lowest BCUT2D eigenvalue weighted by Gasteiger charge is -2.15. The van der Waals surface area contributed by atoms with Crippen molar-refractivity contribution in [3.8, 4) is 0 Å². The van der Waals surface area contributed by atoms with Gasteiger partial charge in [0.2, 0.25) is 0 Å². The summed E-state index contributed by atoms with van der Waals surface area (Å²) in [7, 11) is 0. The largest absolute Gasteiger partial charge is 0.396 e. The molecule has 5 nitrogen and oxygen atoms in total. The number of rotatable bonds is 2. The highest BCUT2D eigenvalue weighted by atomic mass is 35.5. The van der Waals surface area contributed by atoms with Crippen molar-refractivity contribution in [3.63, 3.8) is 0 Å². The topological polar surface area (TPSA) is 69.6 Å². The second-order valence-corrected chi connectivity index (χ2v) is 5.08. The predicted molar refractivity (Wildman–Crippen MR) is 71.8 cm³/mol. The van der Waals surface area contributed by atoms with Crippen LogP contribution in [0.15, 0.2) is 18.2 Å². The van der Waals surface area contributed by atoms with E-state index in [1.807, 2.05) is 0 Å². The molecule has 20 heavy (non-hydrogen) atoms. The minimum atomic E-state index is -0.800. The maximum atomic E-state index is 13.0. The van der Waals surface area contributed by atoms with Crippen molar-refractivity contribution < 1.29 is 19.1 Å². The Labute approximate surface area is 120 Å². The Morgan fingerprint density at radius 2 is 2.25 bits per heavy atom. The van der Waals surface area contributed by atoms with Gasteiger partial charge in [-0.1, -0.05) is 11.6 Å². The SMILES string of the molecule is O=C(Nc1ccc(F)c(Cl)c1)C(=O)N1CCC(CO)C1. The van der Waals surface area contributed by atoms with Gasteiger partial charge in [-0.2, -0.15) is 0 Å². The van der Waals surface area contributed by atoms with Crippen molar-refractivity contribution in [1.29, 1.82) is 0 Å². The maximum absolute atomic E-state index is 13.0. The van der Waals surface area contributed by atoms with Crippen LogP contribution in [0.3, 0.4) is 0 Å². The molecule has 2 amide bonds. The van der Waals surface area contributed by atoms with Crippen LogP contribution in [-0.4, -0.2) is 41.5 Å². The molecule has 0 spiro atoms. The number of hydrogen-bond donors (Lipinski definition) is 2. The second-order valence-electron chi connectivity index (χ2n) is 4.67. The molecule has 1 aliphatic heterocycles. The lowest BCUT2D eigenvalue weighted by atomic mass is 10.1. The van der Waals surface area contributed by atoms with Gasteiger partial charge in [0.15, 0.2) is 0 Å². The highest BCUT2D eigenvalue weighted by Gasteiger charge is 2.29. The molecule has 108 valence electrons. The van der Waals surface area contributed by atoms with E-state index in [0.717, 1.165) is 6.07 Å². The van der Waals surface area contributed by atoms with E-state index in [-0.39, 0.29) is 23.2 Å². The van der Waals surface area contributed by atoms with Crippen LogP contribution >= 0.6 is 11.6 Å². The van der Waals surface area contributed by atoms with E-state index in [9.17, 15) is 14.0 Å². The molecule has 1 aliphatic rings. The zero-order valence-corrected chi connectivity index (χ0v) is 11.4. The third-order valence-electron chi connectivity index (χ3n) is 3.20. The Kier molecular flexibility index (Phi) is 4.57. The molecule has 1 aromatic rings. The smallest absolute Gasteiger partial charge is 0.313 e. The summed E-state index contributed by atoms with van der Waals surface area (Å²) < 4.78 is 13.0. The van der Waals surface area contributed by atoms with Crippen molar-refractivity contribution in [3.05, 3.63) is 29.0 Å². The molecule has 0 radical (unpaired) electrons. The molecular weight excluding hydrogens is 287 g/mol. The lowest BCUT2D eigenvalue weighted by Crippen LogP contribution is -2.38. The molecule has 0 aliphatic carbocycles. The maximum Gasteiger partial charge on any atom is 0.313 e. The standard InChI is InChI=1S/C13H14ClFN2O3/c14-10-5-9(1-2-11(10)15)16-12(19)13(20)17-4-3-8(6-17)7-18/h1-2,5,8,18H,3-4,6-7H2,(H,16,19). The molecular formula is C13H14ClFN2O3. The van der Waals surface area contributed by atoms with Crippen LogP contribution < -0.4 is 5.32 Å². The molecule has 0 saturated carbocycles. The monoisotopic (exact) mass is 300 g/mol. The fourth-order valence-electron chi connectivity index (χ4n) is 2.07. The molecule has 1 fully saturated rings. The normalized spacial score (nSPS) is 18.1. The number of aliphatic hydroxyl groups excluding tert-OH is 1. The summed E-state index contributed by atoms with van der Waals surface area (Å²) >= 11 is 5.59. The van der Waals surface area contributed by atoms with E-state index in [1.54, 1.807) is 0 Å². The quantitative estimate of drug-likeness (QED) is 0.808. The van der Waals surface area contributed by atoms with Gasteiger partial charge in [0.25, 0.3) is 0 Å². The van der Waals surface area contributed by atoms with Crippen molar-refractivity contribution >= 4 is 29.1 Å². The first-order valence-electron chi connectivity index (χ1n) is 6.17. The van der Waals surface area contributed by atoms with Gasteiger partial charge in [-0.15, -0.1) is 0 Å². The average Bonchev–Trinajstić information content (AvgIpc) is 2.91. The van der Waals surface area contributed by atoms with Crippen LogP contribution in [-0.2, 0) is 9.59 Å². The number of aliphatic hydroxyl groups is 1. The van der Waals surface area contributed by atoms with Gasteiger partial charge < -0.3 is 15.3 Å². The number of hydrogen-bond acceptors (Lipinski definition) is 3. The second kappa shape index (κ2) is 6.19. The molecule has 1 heterocycles. The van der Waals surface area contributed by atoms with E-state index in [2.05, 4.69) is 5.32 Å². The number of benzene rings is 1. The van der Waals surface area contributed by atoms with Gasteiger partial charge in [-0.3, -0.25) is 9.59 Å². The Morgan fingerprint density at radius 3 is 2.85 bits per heavy atom. The molecule has 1 atom stereocenters. The third kappa shape index (κ3) is 3.26. The van der Waals surface area contributed by atoms with Gasteiger partial charge in [0.1, 0.15) is 5.82 Å². The first-order valence-corrected chi connectivity index (χ1v) is 6.55. The minimum Gasteiger partial charge on any atom is -0.396 e. The zero-order valence-electron chi connectivity index (χ0n) is 10.6. The van der Waals surface area contributed by atoms with Crippen molar-refractivity contribution in [2.24, 2.45) is 5.92 Å². The number of amides is 2. The molecule has 2 N–H and O–H groups in total. The molecule has 0 aromatic heterocycles. The van der Waals surface area contributed by atoms with E-state index < -0.39 is 17.6 Å². The number of carbonyl (C=O) groups is 2. The lowest BCUT2D eigenvalue weighted by molar-refractivity contribution is -0.142. The Hall–Kier alpha value is -1.66. The van der Waals surface area contributed by atoms with Crippen LogP contribution in [0.1, 0.15) is 6.42 Å². The van der Waals surface area contributed by atoms with Crippen LogP contribution in [0.2, 0.25) is 5.02 Å². The van der Waals surface area contributed by atoms with Crippen LogP contribution in [0.4, 0.5) is 10.1 Å². The number of nitrogens with zero attached hydrogens (tertiary/aromatic N) is 1. The first-order chi connectivity index (χ1) is 9.51. The summed E-state index contributed by atoms with van der Waals surface area (Å²) in [6.45, 7) is 0.813. The van der Waals surface area contributed by atoms with Crippen molar-refractivity contribution in [1.82, 2.24) is 4.90 Å². The summed E-state index contributed by atoms with van der Waals surface area (Å²) in [5, 5.41) is 11.3. The molecule has 2 rings (SSSR count). The fourth-order valence-corrected chi connectivity index (χ4v) is 2.25. The Morgan fingerprint density at radius 1 is 1.50 bits per heavy atom. The molecule has 7 heteroatoms. The zero-order chi connectivity index (χ0) is 14.7. The minimum absolute atomic E-state index is 0.00102. The molecule has 1 unspecified atom stereocenters. The Balaban J connectivity index is 1.97. The highest BCUT2D eigenvalue weighted by Crippen LogP contribution is 2.20. The average molecular weight is 301 g/mol. The number of carbonyl (C=O) groups excluding carboxylic acids is 2. The van der Waals surface area contributed by atoms with Crippen molar-refractivity contribution in [2.45, 2.75) is 6.42 Å². The summed E-state index contributed by atoms with van der Waals surface area (Å²) in [6, 6.07) is 3.68. The number of nitrogens with one attached hydrogen (secondary N) is 1. The highest BCUT2D eigenvalue weighted by molar-refractivity contribution is 6.39. The summed E-state index contributed by atoms with van der Waals surface area (Å²) in [6.07, 6.45) is 0.678. The Bertz CT molecular complexity index is 538. The van der Waals surface area contributed by atoms with E-state index in [4.69, 9.17) is 16.7 Å². The fraction of sp³-hybridized carbons (Fsp3) is 0.385. The van der Waals surface area contributed by atoms with Gasteiger partial charge in [-0.25, -0.2) is 4.39 Å². The van der Waals surface area contributed by atoms with E-state index >= 15 is 0 Å². The van der Waals surface area contributed by atoms with E-state index in [0.29, 0.717) is 19.5 Å². The van der Waals surface area contributed by atoms with Gasteiger partial charge in [0.05, 0.1) is 5.02 Å². The first kappa shape index (κ1) is 14.7. The van der Waals surface area contributed by atoms with Gasteiger partial charge in [-0.05, 0) is 24.6 Å². The number of anilines is 1. The van der Waals surface area contributed by atoms with E-state index in [1.165, 1.54) is 17.0 Å². The van der Waals surface area contributed by atoms with Gasteiger partial charge in [0, 0.05) is 31.3 Å². The number of likely N-dealkylation sites (tertiary alicyclic amines) is 1. The third-order valence-corrected chi connectivity index (χ3v) is 3.49. The summed E-state index contributed by atoms with van der Waals surface area (Å²) in [4.78, 5) is 25.1. The molecule has 1 aromatic carbocycles. The van der Waals surface area contributed by atoms with Crippen LogP contribution in [0.25, 0.3) is 0 Å². The molecule has 0 bridgehead atoms. The van der Waals surface area contributed by atoms with Crippen molar-refractivity contribution in [2.75, 3.05) is 25.0 Å². The van der Waals surface area contributed by atoms with Gasteiger partial charge >= 0.3 is 11.8 Å². The molecule has 1 saturated heterocycles. The van der Waals surface area contributed by atoms with Crippen LogP contribution in [0.5, 0.6) is 0 Å². The predicted octanol–water partition coefficient (Wildman–Crippen LogP) is 1.26.